The van der Waals surface area contributed by atoms with Gasteiger partial charge >= 0.3 is 0 Å². The number of fused-ring (bicyclic) bond motifs is 3. The first-order valence-corrected chi connectivity index (χ1v) is 8.99. The molecule has 3 nitrogen and oxygen atoms in total. The minimum Gasteiger partial charge on any atom is -0.358 e. The second-order valence-corrected chi connectivity index (χ2v) is 7.15. The zero-order chi connectivity index (χ0) is 14.2. The molecule has 0 spiro atoms. The number of rotatable bonds is 1. The number of hydrogen-bond donors (Lipinski definition) is 1. The molecule has 1 fully saturated rings. The maximum atomic E-state index is 12.8. The minimum atomic E-state index is 0.194. The molecule has 2 aromatic rings. The Morgan fingerprint density at radius 2 is 1.95 bits per heavy atom. The van der Waals surface area contributed by atoms with E-state index in [1.54, 1.807) is 0 Å². The minimum absolute atomic E-state index is 0.194. The van der Waals surface area contributed by atoms with Crippen LogP contribution in [-0.2, 0) is 12.8 Å². The van der Waals surface area contributed by atoms with Crippen molar-refractivity contribution in [3.8, 4) is 0 Å². The molecule has 1 aliphatic carbocycles. The second kappa shape index (κ2) is 5.41. The molecule has 1 saturated heterocycles. The van der Waals surface area contributed by atoms with Crippen molar-refractivity contribution in [3.63, 3.8) is 0 Å². The molecular weight excluding hydrogens is 280 g/mol. The van der Waals surface area contributed by atoms with E-state index in [1.807, 2.05) is 28.8 Å². The van der Waals surface area contributed by atoms with E-state index in [2.05, 4.69) is 11.1 Å². The fourth-order valence-corrected chi connectivity index (χ4v) is 4.45. The Morgan fingerprint density at radius 1 is 1.14 bits per heavy atom. The highest BCUT2D eigenvalue weighted by molar-refractivity contribution is 7.99. The first-order chi connectivity index (χ1) is 10.3. The van der Waals surface area contributed by atoms with E-state index in [0.29, 0.717) is 0 Å². The number of nitrogens with one attached hydrogen (secondary N) is 1. The summed E-state index contributed by atoms with van der Waals surface area (Å²) in [5.74, 6) is 2.31. The molecule has 0 atom stereocenters. The number of thioether (sulfide) groups is 1. The monoisotopic (exact) mass is 300 g/mol. The molecule has 0 bridgehead atoms. The van der Waals surface area contributed by atoms with Crippen LogP contribution in [-0.4, -0.2) is 40.4 Å². The van der Waals surface area contributed by atoms with Crippen LogP contribution in [0.3, 0.4) is 0 Å². The van der Waals surface area contributed by atoms with Crippen molar-refractivity contribution >= 4 is 28.6 Å². The summed E-state index contributed by atoms with van der Waals surface area (Å²) in [6.07, 6.45) is 4.79. The van der Waals surface area contributed by atoms with Crippen LogP contribution in [0.4, 0.5) is 0 Å². The molecule has 4 heteroatoms. The number of benzene rings is 1. The fraction of sp³-hybridized carbons (Fsp3) is 0.471. The molecule has 1 aliphatic heterocycles. The molecule has 0 saturated carbocycles. The van der Waals surface area contributed by atoms with Crippen LogP contribution >= 0.6 is 11.8 Å². The molecule has 110 valence electrons. The number of H-pyrrole nitrogens is 1. The lowest BCUT2D eigenvalue weighted by Crippen LogP contribution is -2.38. The lowest BCUT2D eigenvalue weighted by Gasteiger charge is -2.26. The van der Waals surface area contributed by atoms with Crippen LogP contribution in [0.25, 0.3) is 10.9 Å². The van der Waals surface area contributed by atoms with Crippen molar-refractivity contribution in [3.05, 3.63) is 35.0 Å². The zero-order valence-corrected chi connectivity index (χ0v) is 13.0. The van der Waals surface area contributed by atoms with Crippen LogP contribution in [0.15, 0.2) is 18.2 Å². The molecule has 2 heterocycles. The van der Waals surface area contributed by atoms with Gasteiger partial charge in [0.25, 0.3) is 5.91 Å². The average Bonchev–Trinajstić information content (AvgIpc) is 2.94. The summed E-state index contributed by atoms with van der Waals surface area (Å²) in [5.41, 5.74) is 4.72. The summed E-state index contributed by atoms with van der Waals surface area (Å²) >= 11 is 1.94. The largest absolute Gasteiger partial charge is 0.358 e. The lowest BCUT2D eigenvalue weighted by molar-refractivity contribution is 0.0774. The van der Waals surface area contributed by atoms with E-state index in [4.69, 9.17) is 0 Å². The number of aryl methyl sites for hydroxylation is 2. The number of aromatic nitrogens is 1. The Balaban J connectivity index is 1.78. The van der Waals surface area contributed by atoms with E-state index >= 15 is 0 Å². The van der Waals surface area contributed by atoms with E-state index in [9.17, 15) is 4.79 Å². The summed E-state index contributed by atoms with van der Waals surface area (Å²) in [6, 6.07) is 6.18. The molecule has 2 aliphatic rings. The maximum Gasteiger partial charge on any atom is 0.256 e. The van der Waals surface area contributed by atoms with Gasteiger partial charge < -0.3 is 9.88 Å². The van der Waals surface area contributed by atoms with Crippen molar-refractivity contribution < 1.29 is 4.79 Å². The third-order valence-corrected chi connectivity index (χ3v) is 5.60. The zero-order valence-electron chi connectivity index (χ0n) is 12.2. The summed E-state index contributed by atoms with van der Waals surface area (Å²) < 4.78 is 0. The predicted molar refractivity (Wildman–Crippen MR) is 88.2 cm³/mol. The summed E-state index contributed by atoms with van der Waals surface area (Å²) in [4.78, 5) is 18.4. The van der Waals surface area contributed by atoms with E-state index in [1.165, 1.54) is 29.5 Å². The van der Waals surface area contributed by atoms with Gasteiger partial charge in [-0.3, -0.25) is 4.79 Å². The van der Waals surface area contributed by atoms with Crippen LogP contribution in [0.5, 0.6) is 0 Å². The number of hydrogen-bond acceptors (Lipinski definition) is 2. The topological polar surface area (TPSA) is 36.1 Å². The second-order valence-electron chi connectivity index (χ2n) is 5.92. The normalized spacial score (nSPS) is 18.8. The predicted octanol–water partition coefficient (Wildman–Crippen LogP) is 3.24. The Morgan fingerprint density at radius 3 is 2.81 bits per heavy atom. The number of aromatic amines is 1. The first-order valence-electron chi connectivity index (χ1n) is 7.84. The highest BCUT2D eigenvalue weighted by Crippen LogP contribution is 2.31. The summed E-state index contributed by atoms with van der Waals surface area (Å²) in [7, 11) is 0. The van der Waals surface area contributed by atoms with E-state index < -0.39 is 0 Å². The molecule has 0 unspecified atom stereocenters. The molecular formula is C17H20N2OS. The van der Waals surface area contributed by atoms with Crippen molar-refractivity contribution in [2.75, 3.05) is 24.6 Å². The number of carbonyl (C=O) groups excluding carboxylic acids is 1. The highest BCUT2D eigenvalue weighted by Gasteiger charge is 2.23. The molecule has 21 heavy (non-hydrogen) atoms. The quantitative estimate of drug-likeness (QED) is 0.877. The van der Waals surface area contributed by atoms with E-state index in [-0.39, 0.29) is 5.91 Å². The van der Waals surface area contributed by atoms with Crippen LogP contribution in [0.2, 0.25) is 0 Å². The Hall–Kier alpha value is -1.42. The summed E-state index contributed by atoms with van der Waals surface area (Å²) in [6.45, 7) is 1.75. The van der Waals surface area contributed by atoms with Gasteiger partial charge in [-0.2, -0.15) is 11.8 Å². The summed E-state index contributed by atoms with van der Waals surface area (Å²) in [5, 5.41) is 1.27. The van der Waals surface area contributed by atoms with Gasteiger partial charge in [0.15, 0.2) is 0 Å². The molecule has 4 rings (SSSR count). The Kier molecular flexibility index (Phi) is 3.42. The number of carbonyl (C=O) groups is 1. The van der Waals surface area contributed by atoms with Gasteiger partial charge in [-0.05, 0) is 37.3 Å². The van der Waals surface area contributed by atoms with Gasteiger partial charge in [0.05, 0.1) is 11.1 Å². The highest BCUT2D eigenvalue weighted by atomic mass is 32.2. The standard InChI is InChI=1S/C17H20N2OS/c20-17(19-8-10-21-11-9-19)14-6-3-5-13-12-4-1-2-7-15(12)18-16(13)14/h3,5-6,18H,1-2,4,7-11H2. The van der Waals surface area contributed by atoms with Crippen molar-refractivity contribution in [2.45, 2.75) is 25.7 Å². The Bertz CT molecular complexity index is 685. The van der Waals surface area contributed by atoms with Gasteiger partial charge in [-0.1, -0.05) is 12.1 Å². The number of para-hydroxylation sites is 1. The molecule has 1 amide bonds. The first kappa shape index (κ1) is 13.3. The number of amides is 1. The van der Waals surface area contributed by atoms with Crippen LogP contribution < -0.4 is 0 Å². The Labute approximate surface area is 129 Å². The van der Waals surface area contributed by atoms with Gasteiger partial charge in [-0.25, -0.2) is 0 Å². The third-order valence-electron chi connectivity index (χ3n) is 4.66. The smallest absolute Gasteiger partial charge is 0.256 e. The average molecular weight is 300 g/mol. The van der Waals surface area contributed by atoms with Crippen molar-refractivity contribution in [1.29, 1.82) is 0 Å². The lowest BCUT2D eigenvalue weighted by atomic mass is 9.95. The van der Waals surface area contributed by atoms with Gasteiger partial charge in [0, 0.05) is 35.7 Å². The molecule has 1 aromatic carbocycles. The van der Waals surface area contributed by atoms with Crippen molar-refractivity contribution in [1.82, 2.24) is 9.88 Å². The van der Waals surface area contributed by atoms with Crippen LogP contribution in [0.1, 0.15) is 34.5 Å². The third kappa shape index (κ3) is 2.26. The SMILES string of the molecule is O=C(c1cccc2c3c([nH]c12)CCCC3)N1CCSCC1. The van der Waals surface area contributed by atoms with Gasteiger partial charge in [0.2, 0.25) is 0 Å². The maximum absolute atomic E-state index is 12.8. The van der Waals surface area contributed by atoms with Gasteiger partial charge in [0.1, 0.15) is 0 Å². The molecule has 0 radical (unpaired) electrons. The van der Waals surface area contributed by atoms with Crippen molar-refractivity contribution in [2.24, 2.45) is 0 Å². The van der Waals surface area contributed by atoms with E-state index in [0.717, 1.165) is 48.5 Å². The molecule has 1 N–H and O–H groups in total. The number of nitrogens with zero attached hydrogens (tertiary/aromatic N) is 1. The fourth-order valence-electron chi connectivity index (χ4n) is 3.54. The van der Waals surface area contributed by atoms with Gasteiger partial charge in [-0.15, -0.1) is 0 Å². The molecule has 1 aromatic heterocycles. The van der Waals surface area contributed by atoms with Crippen LogP contribution in [0, 0.1) is 0 Å².